The van der Waals surface area contributed by atoms with E-state index in [4.69, 9.17) is 13.0 Å². The fourth-order valence-corrected chi connectivity index (χ4v) is 3.69. The van der Waals surface area contributed by atoms with Gasteiger partial charge in [0.1, 0.15) is 11.2 Å². The molecule has 22 heavy (non-hydrogen) atoms. The molecule has 0 aromatic carbocycles. The van der Waals surface area contributed by atoms with E-state index in [0.29, 0.717) is 11.4 Å². The van der Waals surface area contributed by atoms with Crippen molar-refractivity contribution in [1.29, 1.82) is 0 Å². The van der Waals surface area contributed by atoms with Crippen LogP contribution in [-0.2, 0) is 0 Å². The lowest BCUT2D eigenvalue weighted by atomic mass is 9.95. The molecule has 2 radical (unpaired) electrons. The minimum absolute atomic E-state index is 0.0740. The zero-order valence-electron chi connectivity index (χ0n) is 12.9. The largest absolute Gasteiger partial charge is 0.352 e. The molecule has 2 fully saturated rings. The fraction of sp³-hybridized carbons (Fsp3) is 0.667. The van der Waals surface area contributed by atoms with Crippen molar-refractivity contribution in [2.75, 3.05) is 13.1 Å². The first kappa shape index (κ1) is 14.0. The SMILES string of the molecule is [B]N1CC(c2nc3c(c(C)nn3C3CCCCC3)c(=O)[nH]2)C1. The van der Waals surface area contributed by atoms with Gasteiger partial charge in [0.15, 0.2) is 13.6 Å². The molecule has 1 aliphatic heterocycles. The molecule has 7 heteroatoms. The number of hydrogen-bond acceptors (Lipinski definition) is 4. The third-order valence-electron chi connectivity index (χ3n) is 4.97. The first-order chi connectivity index (χ1) is 10.6. The summed E-state index contributed by atoms with van der Waals surface area (Å²) in [6.45, 7) is 3.37. The topological polar surface area (TPSA) is 66.8 Å². The molecule has 0 spiro atoms. The Labute approximate surface area is 130 Å². The van der Waals surface area contributed by atoms with Crippen LogP contribution >= 0.6 is 0 Å². The van der Waals surface area contributed by atoms with E-state index in [1.54, 1.807) is 4.81 Å². The van der Waals surface area contributed by atoms with E-state index in [9.17, 15) is 4.79 Å². The van der Waals surface area contributed by atoms with Gasteiger partial charge in [0.05, 0.1) is 11.7 Å². The highest BCUT2D eigenvalue weighted by molar-refractivity contribution is 6.05. The lowest BCUT2D eigenvalue weighted by molar-refractivity contribution is 0.267. The Kier molecular flexibility index (Phi) is 3.33. The quantitative estimate of drug-likeness (QED) is 0.851. The summed E-state index contributed by atoms with van der Waals surface area (Å²) >= 11 is 0. The second kappa shape index (κ2) is 5.23. The molecular formula is C15H20BN5O. The maximum absolute atomic E-state index is 12.4. The average molecular weight is 297 g/mol. The lowest BCUT2D eigenvalue weighted by Gasteiger charge is -2.36. The molecule has 1 saturated heterocycles. The molecule has 3 heterocycles. The van der Waals surface area contributed by atoms with Crippen molar-refractivity contribution >= 4 is 19.0 Å². The first-order valence-electron chi connectivity index (χ1n) is 8.12. The Morgan fingerprint density at radius 1 is 1.23 bits per heavy atom. The number of hydrogen-bond donors (Lipinski definition) is 1. The van der Waals surface area contributed by atoms with Crippen LogP contribution < -0.4 is 5.56 Å². The van der Waals surface area contributed by atoms with Gasteiger partial charge in [-0.1, -0.05) is 19.3 Å². The number of aromatic nitrogens is 4. The van der Waals surface area contributed by atoms with Gasteiger partial charge in [0.25, 0.3) is 5.56 Å². The van der Waals surface area contributed by atoms with Gasteiger partial charge < -0.3 is 9.79 Å². The number of H-pyrrole nitrogens is 1. The smallest absolute Gasteiger partial charge is 0.262 e. The van der Waals surface area contributed by atoms with Gasteiger partial charge in [-0.15, -0.1) is 0 Å². The molecular weight excluding hydrogens is 277 g/mol. The molecule has 6 nitrogen and oxygen atoms in total. The van der Waals surface area contributed by atoms with Crippen LogP contribution in [0.25, 0.3) is 11.0 Å². The Morgan fingerprint density at radius 3 is 2.64 bits per heavy atom. The summed E-state index contributed by atoms with van der Waals surface area (Å²) in [5, 5.41) is 5.27. The van der Waals surface area contributed by atoms with Crippen LogP contribution in [0, 0.1) is 6.92 Å². The van der Waals surface area contributed by atoms with Gasteiger partial charge in [0, 0.05) is 5.92 Å². The Bertz CT molecular complexity index is 755. The van der Waals surface area contributed by atoms with E-state index in [2.05, 4.69) is 10.1 Å². The number of aryl methyl sites for hydroxylation is 1. The molecule has 2 aromatic rings. The number of aromatic amines is 1. The van der Waals surface area contributed by atoms with Crippen molar-refractivity contribution < 1.29 is 0 Å². The number of rotatable bonds is 2. The molecule has 1 aliphatic carbocycles. The minimum atomic E-state index is -0.0740. The predicted octanol–water partition coefficient (Wildman–Crippen LogP) is 1.42. The van der Waals surface area contributed by atoms with Crippen LogP contribution in [0.2, 0.25) is 0 Å². The van der Waals surface area contributed by atoms with Crippen LogP contribution in [0.15, 0.2) is 4.79 Å². The molecule has 0 atom stereocenters. The van der Waals surface area contributed by atoms with E-state index < -0.39 is 0 Å². The van der Waals surface area contributed by atoms with Crippen molar-refractivity contribution in [3.63, 3.8) is 0 Å². The van der Waals surface area contributed by atoms with Crippen molar-refractivity contribution in [2.24, 2.45) is 0 Å². The lowest BCUT2D eigenvalue weighted by Crippen LogP contribution is -2.44. The zero-order chi connectivity index (χ0) is 15.3. The van der Waals surface area contributed by atoms with E-state index in [1.807, 2.05) is 11.6 Å². The molecule has 114 valence electrons. The van der Waals surface area contributed by atoms with Gasteiger partial charge >= 0.3 is 0 Å². The van der Waals surface area contributed by atoms with Gasteiger partial charge in [-0.05, 0) is 32.9 Å². The number of fused-ring (bicyclic) bond motifs is 1. The highest BCUT2D eigenvalue weighted by Crippen LogP contribution is 2.31. The molecule has 2 aliphatic rings. The van der Waals surface area contributed by atoms with E-state index in [-0.39, 0.29) is 11.5 Å². The second-order valence-corrected chi connectivity index (χ2v) is 6.62. The second-order valence-electron chi connectivity index (χ2n) is 6.62. The standard InChI is InChI=1S/C15H20BN5O/c1-9-12-14(21(19-9)11-5-3-2-4-6-11)17-13(18-15(12)22)10-7-20(16)8-10/h10-11H,2-8H2,1H3,(H,17,18,22). The normalized spacial score (nSPS) is 21.3. The molecule has 4 rings (SSSR count). The monoisotopic (exact) mass is 297 g/mol. The third-order valence-corrected chi connectivity index (χ3v) is 4.97. The summed E-state index contributed by atoms with van der Waals surface area (Å²) < 4.78 is 2.00. The summed E-state index contributed by atoms with van der Waals surface area (Å²) in [5.74, 6) is 0.966. The molecule has 1 saturated carbocycles. The number of nitrogens with zero attached hydrogens (tertiary/aromatic N) is 4. The Morgan fingerprint density at radius 2 is 1.95 bits per heavy atom. The molecule has 2 aromatic heterocycles. The summed E-state index contributed by atoms with van der Waals surface area (Å²) in [6, 6.07) is 0.375. The summed E-state index contributed by atoms with van der Waals surface area (Å²) in [7, 11) is 5.70. The zero-order valence-corrected chi connectivity index (χ0v) is 12.9. The average Bonchev–Trinajstić information content (AvgIpc) is 2.82. The fourth-order valence-electron chi connectivity index (χ4n) is 3.69. The third kappa shape index (κ3) is 2.19. The first-order valence-corrected chi connectivity index (χ1v) is 8.12. The van der Waals surface area contributed by atoms with Gasteiger partial charge in [-0.2, -0.15) is 5.10 Å². The Balaban J connectivity index is 1.81. The highest BCUT2D eigenvalue weighted by Gasteiger charge is 2.28. The van der Waals surface area contributed by atoms with Gasteiger partial charge in [0.2, 0.25) is 0 Å². The van der Waals surface area contributed by atoms with E-state index >= 15 is 0 Å². The summed E-state index contributed by atoms with van der Waals surface area (Å²) in [5.41, 5.74) is 1.45. The predicted molar refractivity (Wildman–Crippen MR) is 85.1 cm³/mol. The highest BCUT2D eigenvalue weighted by atomic mass is 16.1. The molecule has 0 amide bonds. The van der Waals surface area contributed by atoms with Crippen molar-refractivity contribution in [3.8, 4) is 0 Å². The summed E-state index contributed by atoms with van der Waals surface area (Å²) in [4.78, 5) is 21.9. The van der Waals surface area contributed by atoms with Crippen LogP contribution in [0.4, 0.5) is 0 Å². The van der Waals surface area contributed by atoms with Gasteiger partial charge in [-0.3, -0.25) is 4.79 Å². The molecule has 0 unspecified atom stereocenters. The van der Waals surface area contributed by atoms with Crippen LogP contribution in [0.5, 0.6) is 0 Å². The van der Waals surface area contributed by atoms with Crippen molar-refractivity contribution in [3.05, 3.63) is 21.9 Å². The maximum Gasteiger partial charge on any atom is 0.262 e. The van der Waals surface area contributed by atoms with E-state index in [0.717, 1.165) is 43.1 Å². The minimum Gasteiger partial charge on any atom is -0.352 e. The summed E-state index contributed by atoms with van der Waals surface area (Å²) in [6.07, 6.45) is 6.00. The van der Waals surface area contributed by atoms with E-state index in [1.165, 1.54) is 19.3 Å². The van der Waals surface area contributed by atoms with Crippen molar-refractivity contribution in [1.82, 2.24) is 24.6 Å². The maximum atomic E-state index is 12.4. The van der Waals surface area contributed by atoms with Crippen LogP contribution in [0.1, 0.15) is 55.6 Å². The Hall–Kier alpha value is -1.63. The molecule has 0 bridgehead atoms. The molecule has 1 N–H and O–H groups in total. The van der Waals surface area contributed by atoms with Crippen LogP contribution in [-0.4, -0.2) is 45.6 Å². The van der Waals surface area contributed by atoms with Gasteiger partial charge in [-0.25, -0.2) is 9.67 Å². The number of nitrogens with one attached hydrogen (secondary N) is 1. The van der Waals surface area contributed by atoms with Crippen molar-refractivity contribution in [2.45, 2.75) is 51.0 Å². The van der Waals surface area contributed by atoms with Crippen LogP contribution in [0.3, 0.4) is 0 Å².